The molecular formula is C24H20N2O3S. The lowest BCUT2D eigenvalue weighted by Gasteiger charge is -2.07. The highest BCUT2D eigenvalue weighted by Crippen LogP contribution is 2.23. The zero-order chi connectivity index (χ0) is 20.6. The van der Waals surface area contributed by atoms with Crippen molar-refractivity contribution in [1.82, 2.24) is 4.98 Å². The molecule has 1 N–H and O–H groups in total. The van der Waals surface area contributed by atoms with E-state index in [1.165, 1.54) is 11.3 Å². The van der Waals surface area contributed by atoms with Gasteiger partial charge in [-0.2, -0.15) is 0 Å². The molecule has 150 valence electrons. The summed E-state index contributed by atoms with van der Waals surface area (Å²) in [5, 5.41) is 5.61. The molecule has 0 aliphatic carbocycles. The smallest absolute Gasteiger partial charge is 0.230 e. The third kappa shape index (κ3) is 5.68. The summed E-state index contributed by atoms with van der Waals surface area (Å²) in [5.41, 5.74) is 1.44. The summed E-state index contributed by atoms with van der Waals surface area (Å²) in [6, 6.07) is 26.4. The molecule has 0 atom stereocenters. The fourth-order valence-electron chi connectivity index (χ4n) is 2.76. The average Bonchev–Trinajstić information content (AvgIpc) is 3.22. The molecule has 0 aliphatic heterocycles. The second-order valence-electron chi connectivity index (χ2n) is 6.50. The fourth-order valence-corrected chi connectivity index (χ4v) is 3.46. The maximum Gasteiger partial charge on any atom is 0.230 e. The highest BCUT2D eigenvalue weighted by molar-refractivity contribution is 7.09. The molecule has 3 aromatic carbocycles. The van der Waals surface area contributed by atoms with Crippen LogP contribution in [0.1, 0.15) is 10.7 Å². The summed E-state index contributed by atoms with van der Waals surface area (Å²) in [6.45, 7) is 0.388. The molecule has 1 heterocycles. The zero-order valence-corrected chi connectivity index (χ0v) is 17.0. The van der Waals surface area contributed by atoms with Crippen LogP contribution in [-0.2, 0) is 17.8 Å². The summed E-state index contributed by atoms with van der Waals surface area (Å²) in [6.07, 6.45) is 0.212. The molecule has 0 aliphatic rings. The molecule has 5 nitrogen and oxygen atoms in total. The van der Waals surface area contributed by atoms with Crippen LogP contribution in [0.5, 0.6) is 17.2 Å². The lowest BCUT2D eigenvalue weighted by molar-refractivity contribution is -0.115. The van der Waals surface area contributed by atoms with Crippen LogP contribution in [0.3, 0.4) is 0 Å². The topological polar surface area (TPSA) is 60.5 Å². The normalized spacial score (nSPS) is 10.4. The standard InChI is InChI=1S/C24H20N2O3S/c27-23(15-19-17-30-24(26-19)16-28-20-7-3-1-4-8-20)25-18-11-13-22(14-12-18)29-21-9-5-2-6-10-21/h1-14,17H,15-16H2,(H,25,27). The van der Waals surface area contributed by atoms with Crippen molar-refractivity contribution < 1.29 is 14.3 Å². The van der Waals surface area contributed by atoms with Gasteiger partial charge >= 0.3 is 0 Å². The molecule has 0 fully saturated rings. The van der Waals surface area contributed by atoms with E-state index in [4.69, 9.17) is 9.47 Å². The van der Waals surface area contributed by atoms with Gasteiger partial charge in [0.1, 0.15) is 28.9 Å². The van der Waals surface area contributed by atoms with E-state index < -0.39 is 0 Å². The number of aromatic nitrogens is 1. The van der Waals surface area contributed by atoms with Crippen LogP contribution in [0.25, 0.3) is 0 Å². The maximum atomic E-state index is 12.3. The Morgan fingerprint density at radius 2 is 1.47 bits per heavy atom. The van der Waals surface area contributed by atoms with Gasteiger partial charge < -0.3 is 14.8 Å². The van der Waals surface area contributed by atoms with Gasteiger partial charge in [0.2, 0.25) is 5.91 Å². The molecule has 0 spiro atoms. The number of benzene rings is 3. The van der Waals surface area contributed by atoms with Crippen molar-refractivity contribution in [3.8, 4) is 17.2 Å². The Morgan fingerprint density at radius 1 is 0.833 bits per heavy atom. The van der Waals surface area contributed by atoms with Crippen molar-refractivity contribution in [2.24, 2.45) is 0 Å². The Kier molecular flexibility index (Phi) is 6.37. The van der Waals surface area contributed by atoms with Crippen LogP contribution in [0.2, 0.25) is 0 Å². The Morgan fingerprint density at radius 3 is 2.17 bits per heavy atom. The van der Waals surface area contributed by atoms with E-state index in [0.717, 1.165) is 22.2 Å². The van der Waals surface area contributed by atoms with Gasteiger partial charge in [0.15, 0.2) is 0 Å². The molecule has 0 radical (unpaired) electrons. The minimum atomic E-state index is -0.118. The van der Waals surface area contributed by atoms with Gasteiger partial charge in [-0.05, 0) is 48.5 Å². The van der Waals surface area contributed by atoms with Crippen LogP contribution < -0.4 is 14.8 Å². The van der Waals surface area contributed by atoms with Gasteiger partial charge in [0.05, 0.1) is 12.1 Å². The summed E-state index contributed by atoms with van der Waals surface area (Å²) in [5.74, 6) is 2.16. The number of carbonyl (C=O) groups excluding carboxylic acids is 1. The predicted molar refractivity (Wildman–Crippen MR) is 118 cm³/mol. The summed E-state index contributed by atoms with van der Waals surface area (Å²) < 4.78 is 11.5. The van der Waals surface area contributed by atoms with E-state index in [-0.39, 0.29) is 12.3 Å². The molecule has 1 aromatic heterocycles. The van der Waals surface area contributed by atoms with Crippen molar-refractivity contribution in [3.05, 3.63) is 101 Å². The molecule has 0 unspecified atom stereocenters. The van der Waals surface area contributed by atoms with Crippen molar-refractivity contribution >= 4 is 22.9 Å². The molecule has 0 bridgehead atoms. The van der Waals surface area contributed by atoms with Gasteiger partial charge in [-0.3, -0.25) is 4.79 Å². The molecule has 4 rings (SSSR count). The summed E-state index contributed by atoms with van der Waals surface area (Å²) in [7, 11) is 0. The number of rotatable bonds is 8. The van der Waals surface area contributed by atoms with Gasteiger partial charge in [0.25, 0.3) is 0 Å². The van der Waals surface area contributed by atoms with E-state index in [9.17, 15) is 4.79 Å². The number of ether oxygens (including phenoxy) is 2. The van der Waals surface area contributed by atoms with E-state index in [2.05, 4.69) is 10.3 Å². The van der Waals surface area contributed by atoms with E-state index in [1.54, 1.807) is 0 Å². The SMILES string of the molecule is O=C(Cc1csc(COc2ccccc2)n1)Nc1ccc(Oc2ccccc2)cc1. The maximum absolute atomic E-state index is 12.3. The molecule has 30 heavy (non-hydrogen) atoms. The van der Waals surface area contributed by atoms with Gasteiger partial charge in [0, 0.05) is 11.1 Å². The van der Waals surface area contributed by atoms with Crippen LogP contribution >= 0.6 is 11.3 Å². The number of thiazole rings is 1. The number of nitrogens with one attached hydrogen (secondary N) is 1. The first kappa shape index (κ1) is 19.7. The van der Waals surface area contributed by atoms with E-state index >= 15 is 0 Å². The zero-order valence-electron chi connectivity index (χ0n) is 16.2. The first-order valence-electron chi connectivity index (χ1n) is 9.48. The molecule has 0 saturated carbocycles. The first-order chi connectivity index (χ1) is 14.7. The van der Waals surface area contributed by atoms with Gasteiger partial charge in [-0.25, -0.2) is 4.98 Å². The van der Waals surface area contributed by atoms with E-state index in [0.29, 0.717) is 18.0 Å². The van der Waals surface area contributed by atoms with Crippen LogP contribution in [0, 0.1) is 0 Å². The number of carbonyl (C=O) groups is 1. The first-order valence-corrected chi connectivity index (χ1v) is 10.4. The van der Waals surface area contributed by atoms with Crippen molar-refractivity contribution in [2.45, 2.75) is 13.0 Å². The lowest BCUT2D eigenvalue weighted by Crippen LogP contribution is -2.14. The second kappa shape index (κ2) is 9.71. The lowest BCUT2D eigenvalue weighted by atomic mass is 10.2. The average molecular weight is 417 g/mol. The van der Waals surface area contributed by atoms with Gasteiger partial charge in [-0.1, -0.05) is 36.4 Å². The third-order valence-electron chi connectivity index (χ3n) is 4.16. The molecule has 0 saturated heterocycles. The van der Waals surface area contributed by atoms with Crippen LogP contribution in [0.4, 0.5) is 5.69 Å². The predicted octanol–water partition coefficient (Wildman–Crippen LogP) is 5.70. The van der Waals surface area contributed by atoms with Gasteiger partial charge in [-0.15, -0.1) is 11.3 Å². The molecule has 1 amide bonds. The van der Waals surface area contributed by atoms with Crippen molar-refractivity contribution in [2.75, 3.05) is 5.32 Å². The Labute approximate surface area is 178 Å². The van der Waals surface area contributed by atoms with Crippen molar-refractivity contribution in [3.63, 3.8) is 0 Å². The Balaban J connectivity index is 1.27. The highest BCUT2D eigenvalue weighted by atomic mass is 32.1. The molecule has 4 aromatic rings. The largest absolute Gasteiger partial charge is 0.486 e. The number of anilines is 1. The minimum Gasteiger partial charge on any atom is -0.486 e. The number of hydrogen-bond acceptors (Lipinski definition) is 5. The third-order valence-corrected chi connectivity index (χ3v) is 5.03. The highest BCUT2D eigenvalue weighted by Gasteiger charge is 2.09. The van der Waals surface area contributed by atoms with Crippen LogP contribution in [-0.4, -0.2) is 10.9 Å². The summed E-state index contributed by atoms with van der Waals surface area (Å²) in [4.78, 5) is 16.8. The Hall–Kier alpha value is -3.64. The minimum absolute atomic E-state index is 0.118. The fraction of sp³-hybridized carbons (Fsp3) is 0.0833. The quantitative estimate of drug-likeness (QED) is 0.400. The second-order valence-corrected chi connectivity index (χ2v) is 7.44. The van der Waals surface area contributed by atoms with Crippen molar-refractivity contribution in [1.29, 1.82) is 0 Å². The van der Waals surface area contributed by atoms with E-state index in [1.807, 2.05) is 90.3 Å². The molecular weight excluding hydrogens is 396 g/mol. The molecule has 6 heteroatoms. The number of para-hydroxylation sites is 2. The number of nitrogens with zero attached hydrogens (tertiary/aromatic N) is 1. The Bertz CT molecular complexity index is 1080. The van der Waals surface area contributed by atoms with Crippen LogP contribution in [0.15, 0.2) is 90.3 Å². The monoisotopic (exact) mass is 416 g/mol. The number of hydrogen-bond donors (Lipinski definition) is 1. The number of amides is 1. The summed E-state index contributed by atoms with van der Waals surface area (Å²) >= 11 is 1.49.